The van der Waals surface area contributed by atoms with E-state index in [2.05, 4.69) is 0 Å². The van der Waals surface area contributed by atoms with Gasteiger partial charge in [0.05, 0.1) is 17.3 Å². The molecule has 1 aliphatic rings. The normalized spacial score (nSPS) is 13.9. The predicted octanol–water partition coefficient (Wildman–Crippen LogP) is 1.87. The number of thioether (sulfide) groups is 1. The summed E-state index contributed by atoms with van der Waals surface area (Å²) in [6.45, 7) is 0.492. The molecule has 1 heterocycles. The highest BCUT2D eigenvalue weighted by Gasteiger charge is 2.23. The lowest BCUT2D eigenvalue weighted by atomic mass is 10.2. The molecule has 0 saturated heterocycles. The van der Waals surface area contributed by atoms with Crippen LogP contribution >= 0.6 is 24.2 Å². The smallest absolute Gasteiger partial charge is 0.237 e. The van der Waals surface area contributed by atoms with Gasteiger partial charge in [-0.3, -0.25) is 10.2 Å². The molecule has 6 heteroatoms. The second kappa shape index (κ2) is 5.93. The van der Waals surface area contributed by atoms with Crippen molar-refractivity contribution in [3.8, 4) is 0 Å². The summed E-state index contributed by atoms with van der Waals surface area (Å²) in [4.78, 5) is 14.6. The van der Waals surface area contributed by atoms with Gasteiger partial charge in [-0.2, -0.15) is 0 Å². The minimum atomic E-state index is 0. The van der Waals surface area contributed by atoms with Gasteiger partial charge >= 0.3 is 0 Å². The maximum absolute atomic E-state index is 11.8. The Labute approximate surface area is 110 Å². The Morgan fingerprint density at radius 1 is 1.47 bits per heavy atom. The van der Waals surface area contributed by atoms with Crippen molar-refractivity contribution < 1.29 is 4.79 Å². The van der Waals surface area contributed by atoms with Gasteiger partial charge in [0.15, 0.2) is 0 Å². The lowest BCUT2D eigenvalue weighted by Crippen LogP contribution is -2.37. The molecule has 0 atom stereocenters. The van der Waals surface area contributed by atoms with Crippen molar-refractivity contribution >= 4 is 41.6 Å². The van der Waals surface area contributed by atoms with Crippen LogP contribution in [0.25, 0.3) is 0 Å². The Bertz CT molecular complexity index is 438. The maximum atomic E-state index is 11.8. The molecular weight excluding hydrogens is 258 g/mol. The van der Waals surface area contributed by atoms with E-state index in [1.54, 1.807) is 16.7 Å². The van der Waals surface area contributed by atoms with Crippen LogP contribution in [0.1, 0.15) is 6.42 Å². The second-order valence-corrected chi connectivity index (χ2v) is 4.59. The number of nitrogens with one attached hydrogen (secondary N) is 1. The van der Waals surface area contributed by atoms with Crippen molar-refractivity contribution in [2.75, 3.05) is 17.2 Å². The van der Waals surface area contributed by atoms with Gasteiger partial charge in [0.2, 0.25) is 5.91 Å². The summed E-state index contributed by atoms with van der Waals surface area (Å²) in [6, 6.07) is 7.82. The number of amides is 1. The van der Waals surface area contributed by atoms with Crippen LogP contribution in [0.5, 0.6) is 0 Å². The highest BCUT2D eigenvalue weighted by Crippen LogP contribution is 2.34. The molecule has 0 saturated carbocycles. The SMILES string of the molecule is Cl.N=C(N)CCN1C(=O)CSc2ccccc21. The summed E-state index contributed by atoms with van der Waals surface area (Å²) >= 11 is 1.56. The second-order valence-electron chi connectivity index (χ2n) is 3.58. The van der Waals surface area contributed by atoms with Crippen LogP contribution in [0.15, 0.2) is 29.2 Å². The number of benzene rings is 1. The number of para-hydroxylation sites is 1. The molecule has 2 rings (SSSR count). The molecule has 0 radical (unpaired) electrons. The van der Waals surface area contributed by atoms with Gasteiger partial charge in [0.1, 0.15) is 0 Å². The molecule has 1 aliphatic heterocycles. The van der Waals surface area contributed by atoms with Gasteiger partial charge in [-0.1, -0.05) is 12.1 Å². The minimum absolute atomic E-state index is 0. The first-order valence-electron chi connectivity index (χ1n) is 5.03. The van der Waals surface area contributed by atoms with E-state index < -0.39 is 0 Å². The third-order valence-electron chi connectivity index (χ3n) is 2.41. The van der Waals surface area contributed by atoms with E-state index in [-0.39, 0.29) is 24.1 Å². The van der Waals surface area contributed by atoms with Gasteiger partial charge in [-0.05, 0) is 12.1 Å². The highest BCUT2D eigenvalue weighted by atomic mass is 35.5. The molecule has 92 valence electrons. The van der Waals surface area contributed by atoms with Crippen molar-refractivity contribution in [2.24, 2.45) is 5.73 Å². The summed E-state index contributed by atoms with van der Waals surface area (Å²) in [7, 11) is 0. The van der Waals surface area contributed by atoms with Crippen LogP contribution in [0.2, 0.25) is 0 Å². The summed E-state index contributed by atoms with van der Waals surface area (Å²) in [5.41, 5.74) is 6.25. The minimum Gasteiger partial charge on any atom is -0.388 e. The molecule has 1 amide bonds. The fraction of sp³-hybridized carbons (Fsp3) is 0.273. The highest BCUT2D eigenvalue weighted by molar-refractivity contribution is 8.00. The van der Waals surface area contributed by atoms with Crippen LogP contribution in [-0.4, -0.2) is 24.0 Å². The standard InChI is InChI=1S/C11H13N3OS.ClH/c12-10(13)5-6-14-8-3-1-2-4-9(8)16-7-11(14)15;/h1-4H,5-7H2,(H3,12,13);1H. The molecule has 1 aromatic rings. The zero-order valence-electron chi connectivity index (χ0n) is 9.18. The molecule has 0 fully saturated rings. The fourth-order valence-corrected chi connectivity index (χ4v) is 2.57. The number of hydrogen-bond acceptors (Lipinski definition) is 3. The summed E-state index contributed by atoms with van der Waals surface area (Å²) < 4.78 is 0. The van der Waals surface area contributed by atoms with Crippen LogP contribution in [0.4, 0.5) is 5.69 Å². The molecule has 1 aromatic carbocycles. The number of carbonyl (C=O) groups excluding carboxylic acids is 1. The van der Waals surface area contributed by atoms with E-state index in [0.717, 1.165) is 10.6 Å². The van der Waals surface area contributed by atoms with Crippen LogP contribution in [0.3, 0.4) is 0 Å². The Morgan fingerprint density at radius 2 is 2.18 bits per heavy atom. The van der Waals surface area contributed by atoms with E-state index in [9.17, 15) is 4.79 Å². The Kier molecular flexibility index (Phi) is 4.84. The number of nitrogens with zero attached hydrogens (tertiary/aromatic N) is 1. The van der Waals surface area contributed by atoms with Gasteiger partial charge in [-0.25, -0.2) is 0 Å². The van der Waals surface area contributed by atoms with E-state index in [1.165, 1.54) is 0 Å². The van der Waals surface area contributed by atoms with Gasteiger partial charge < -0.3 is 10.6 Å². The Balaban J connectivity index is 0.00000144. The summed E-state index contributed by atoms with van der Waals surface area (Å²) in [5, 5.41) is 7.20. The zero-order chi connectivity index (χ0) is 11.5. The quantitative estimate of drug-likeness (QED) is 0.651. The first kappa shape index (κ1) is 13.9. The van der Waals surface area contributed by atoms with E-state index in [1.807, 2.05) is 24.3 Å². The predicted molar refractivity (Wildman–Crippen MR) is 73.3 cm³/mol. The van der Waals surface area contributed by atoms with E-state index in [4.69, 9.17) is 11.1 Å². The molecule has 0 aromatic heterocycles. The third kappa shape index (κ3) is 3.14. The van der Waals surface area contributed by atoms with Gasteiger partial charge in [0.25, 0.3) is 0 Å². The number of anilines is 1. The molecule has 0 aliphatic carbocycles. The molecule has 3 N–H and O–H groups in total. The fourth-order valence-electron chi connectivity index (χ4n) is 1.63. The Morgan fingerprint density at radius 3 is 2.88 bits per heavy atom. The van der Waals surface area contributed by atoms with E-state index >= 15 is 0 Å². The Hall–Kier alpha value is -1.20. The number of halogens is 1. The number of hydrogen-bond donors (Lipinski definition) is 2. The monoisotopic (exact) mass is 271 g/mol. The van der Waals surface area contributed by atoms with Crippen molar-refractivity contribution in [2.45, 2.75) is 11.3 Å². The maximum Gasteiger partial charge on any atom is 0.237 e. The molecule has 0 bridgehead atoms. The average molecular weight is 272 g/mol. The lowest BCUT2D eigenvalue weighted by molar-refractivity contribution is -0.116. The largest absolute Gasteiger partial charge is 0.388 e. The van der Waals surface area contributed by atoms with Gasteiger partial charge in [0, 0.05) is 17.9 Å². The van der Waals surface area contributed by atoms with Crippen molar-refractivity contribution in [3.63, 3.8) is 0 Å². The van der Waals surface area contributed by atoms with Gasteiger partial charge in [-0.15, -0.1) is 24.2 Å². The van der Waals surface area contributed by atoms with Crippen molar-refractivity contribution in [3.05, 3.63) is 24.3 Å². The average Bonchev–Trinajstić information content (AvgIpc) is 2.27. The molecule has 0 spiro atoms. The van der Waals surface area contributed by atoms with Crippen molar-refractivity contribution in [1.29, 1.82) is 5.41 Å². The zero-order valence-corrected chi connectivity index (χ0v) is 10.8. The van der Waals surface area contributed by atoms with Crippen LogP contribution < -0.4 is 10.6 Å². The van der Waals surface area contributed by atoms with Crippen LogP contribution in [-0.2, 0) is 4.79 Å². The summed E-state index contributed by atoms with van der Waals surface area (Å²) in [5.74, 6) is 0.669. The van der Waals surface area contributed by atoms with E-state index in [0.29, 0.717) is 18.7 Å². The number of fused-ring (bicyclic) bond motifs is 1. The summed E-state index contributed by atoms with van der Waals surface area (Å²) in [6.07, 6.45) is 0.421. The number of rotatable bonds is 3. The third-order valence-corrected chi connectivity index (χ3v) is 3.46. The molecule has 4 nitrogen and oxygen atoms in total. The number of carbonyl (C=O) groups is 1. The first-order chi connectivity index (χ1) is 7.68. The molecule has 17 heavy (non-hydrogen) atoms. The first-order valence-corrected chi connectivity index (χ1v) is 6.02. The van der Waals surface area contributed by atoms with Crippen LogP contribution in [0, 0.1) is 5.41 Å². The molecular formula is C11H14ClN3OS. The lowest BCUT2D eigenvalue weighted by Gasteiger charge is -2.28. The topological polar surface area (TPSA) is 70.2 Å². The number of nitrogens with two attached hydrogens (primary N) is 1. The number of amidine groups is 1. The molecule has 0 unspecified atom stereocenters. The van der Waals surface area contributed by atoms with Crippen molar-refractivity contribution in [1.82, 2.24) is 0 Å².